The zero-order valence-corrected chi connectivity index (χ0v) is 13.4. The summed E-state index contributed by atoms with van der Waals surface area (Å²) in [6.07, 6.45) is 5.56. The van der Waals surface area contributed by atoms with E-state index in [9.17, 15) is 0 Å². The summed E-state index contributed by atoms with van der Waals surface area (Å²) in [5, 5.41) is 7.09. The van der Waals surface area contributed by atoms with Crippen LogP contribution in [0, 0.1) is 0 Å². The van der Waals surface area contributed by atoms with Gasteiger partial charge in [0.15, 0.2) is 5.13 Å². The van der Waals surface area contributed by atoms with E-state index in [1.807, 2.05) is 17.6 Å². The Hall–Kier alpha value is -2.48. The monoisotopic (exact) mass is 329 g/mol. The Morgan fingerprint density at radius 3 is 3.13 bits per heavy atom. The van der Waals surface area contributed by atoms with Gasteiger partial charge in [-0.3, -0.25) is 0 Å². The SMILES string of the molecule is COc1cc(-c2noc([C@H]3CCCN3c3nccs3)n2)ccn1. The maximum absolute atomic E-state index is 5.52. The minimum atomic E-state index is 0.0890. The average Bonchev–Trinajstić information content (AvgIpc) is 3.33. The van der Waals surface area contributed by atoms with Crippen molar-refractivity contribution in [2.24, 2.45) is 0 Å². The number of nitrogens with zero attached hydrogens (tertiary/aromatic N) is 5. The molecule has 0 amide bonds. The topological polar surface area (TPSA) is 77.2 Å². The molecule has 118 valence electrons. The van der Waals surface area contributed by atoms with Gasteiger partial charge in [0.2, 0.25) is 17.6 Å². The molecule has 0 aromatic carbocycles. The van der Waals surface area contributed by atoms with Crippen LogP contribution in [0.1, 0.15) is 24.8 Å². The Bertz CT molecular complexity index is 789. The van der Waals surface area contributed by atoms with Crippen molar-refractivity contribution in [1.82, 2.24) is 20.1 Å². The van der Waals surface area contributed by atoms with Gasteiger partial charge < -0.3 is 14.2 Å². The van der Waals surface area contributed by atoms with E-state index in [2.05, 4.69) is 25.0 Å². The first-order valence-corrected chi connectivity index (χ1v) is 8.23. The van der Waals surface area contributed by atoms with Crippen LogP contribution in [0.15, 0.2) is 34.4 Å². The van der Waals surface area contributed by atoms with Gasteiger partial charge in [0.25, 0.3) is 0 Å². The van der Waals surface area contributed by atoms with Crippen molar-refractivity contribution < 1.29 is 9.26 Å². The first-order chi connectivity index (χ1) is 11.3. The molecular formula is C15H15N5O2S. The molecule has 0 N–H and O–H groups in total. The Balaban J connectivity index is 1.62. The van der Waals surface area contributed by atoms with E-state index in [4.69, 9.17) is 9.26 Å². The van der Waals surface area contributed by atoms with E-state index in [0.29, 0.717) is 17.6 Å². The van der Waals surface area contributed by atoms with Gasteiger partial charge in [-0.15, -0.1) is 11.3 Å². The minimum absolute atomic E-state index is 0.0890. The molecule has 8 heteroatoms. The third-order valence-electron chi connectivity index (χ3n) is 3.85. The van der Waals surface area contributed by atoms with Gasteiger partial charge in [-0.1, -0.05) is 5.16 Å². The molecule has 7 nitrogen and oxygen atoms in total. The first kappa shape index (κ1) is 14.1. The number of anilines is 1. The number of thiazole rings is 1. The molecule has 4 rings (SSSR count). The summed E-state index contributed by atoms with van der Waals surface area (Å²) >= 11 is 1.63. The predicted molar refractivity (Wildman–Crippen MR) is 85.5 cm³/mol. The van der Waals surface area contributed by atoms with Crippen LogP contribution in [-0.4, -0.2) is 33.8 Å². The van der Waals surface area contributed by atoms with E-state index < -0.39 is 0 Å². The normalized spacial score (nSPS) is 17.6. The summed E-state index contributed by atoms with van der Waals surface area (Å²) in [6, 6.07) is 3.72. The summed E-state index contributed by atoms with van der Waals surface area (Å²) in [5.41, 5.74) is 0.825. The van der Waals surface area contributed by atoms with Crippen LogP contribution in [0.4, 0.5) is 5.13 Å². The van der Waals surface area contributed by atoms with Gasteiger partial charge in [0.05, 0.1) is 7.11 Å². The molecule has 23 heavy (non-hydrogen) atoms. The van der Waals surface area contributed by atoms with Crippen LogP contribution in [0.2, 0.25) is 0 Å². The molecule has 4 heterocycles. The van der Waals surface area contributed by atoms with Crippen molar-refractivity contribution in [2.45, 2.75) is 18.9 Å². The van der Waals surface area contributed by atoms with Crippen LogP contribution in [-0.2, 0) is 0 Å². The zero-order valence-electron chi connectivity index (χ0n) is 12.5. The molecule has 3 aromatic rings. The number of methoxy groups -OCH3 is 1. The van der Waals surface area contributed by atoms with Crippen LogP contribution >= 0.6 is 11.3 Å². The van der Waals surface area contributed by atoms with Crippen molar-refractivity contribution in [3.8, 4) is 17.3 Å². The summed E-state index contributed by atoms with van der Waals surface area (Å²) in [6.45, 7) is 0.957. The number of pyridine rings is 1. The lowest BCUT2D eigenvalue weighted by Gasteiger charge is -2.20. The fourth-order valence-electron chi connectivity index (χ4n) is 2.76. The second-order valence-electron chi connectivity index (χ2n) is 5.21. The van der Waals surface area contributed by atoms with Crippen LogP contribution in [0.25, 0.3) is 11.4 Å². The van der Waals surface area contributed by atoms with Gasteiger partial charge in [-0.05, 0) is 18.9 Å². The second-order valence-corrected chi connectivity index (χ2v) is 6.08. The predicted octanol–water partition coefficient (Wildman–Crippen LogP) is 2.94. The Kier molecular flexibility index (Phi) is 3.66. The average molecular weight is 329 g/mol. The number of aromatic nitrogens is 4. The van der Waals surface area contributed by atoms with E-state index in [1.54, 1.807) is 30.7 Å². The van der Waals surface area contributed by atoms with E-state index >= 15 is 0 Å². The highest BCUT2D eigenvalue weighted by Gasteiger charge is 2.32. The number of ether oxygens (including phenoxy) is 1. The molecule has 1 atom stereocenters. The van der Waals surface area contributed by atoms with Gasteiger partial charge in [0, 0.05) is 35.9 Å². The van der Waals surface area contributed by atoms with Crippen molar-refractivity contribution in [3.63, 3.8) is 0 Å². The quantitative estimate of drug-likeness (QED) is 0.728. The molecule has 0 radical (unpaired) electrons. The molecule has 3 aromatic heterocycles. The fourth-order valence-corrected chi connectivity index (χ4v) is 3.48. The number of rotatable bonds is 4. The van der Waals surface area contributed by atoms with Crippen LogP contribution in [0.5, 0.6) is 5.88 Å². The summed E-state index contributed by atoms with van der Waals surface area (Å²) < 4.78 is 10.7. The highest BCUT2D eigenvalue weighted by Crippen LogP contribution is 2.36. The van der Waals surface area contributed by atoms with Gasteiger partial charge in [-0.25, -0.2) is 9.97 Å². The van der Waals surface area contributed by atoms with E-state index in [1.165, 1.54) is 0 Å². The lowest BCUT2D eigenvalue weighted by atomic mass is 10.2. The Labute approximate surface area is 137 Å². The van der Waals surface area contributed by atoms with Crippen LogP contribution in [0.3, 0.4) is 0 Å². The smallest absolute Gasteiger partial charge is 0.249 e. The van der Waals surface area contributed by atoms with Gasteiger partial charge >= 0.3 is 0 Å². The maximum Gasteiger partial charge on any atom is 0.249 e. The van der Waals surface area contributed by atoms with Crippen molar-refractivity contribution in [1.29, 1.82) is 0 Å². The van der Waals surface area contributed by atoms with E-state index in [0.717, 1.165) is 30.1 Å². The highest BCUT2D eigenvalue weighted by molar-refractivity contribution is 7.13. The minimum Gasteiger partial charge on any atom is -0.481 e. The molecule has 0 bridgehead atoms. The first-order valence-electron chi connectivity index (χ1n) is 7.35. The molecule has 1 aliphatic heterocycles. The summed E-state index contributed by atoms with van der Waals surface area (Å²) in [7, 11) is 1.58. The standard InChI is InChI=1S/C15H15N5O2S/c1-21-12-9-10(4-5-16-12)13-18-14(22-19-13)11-3-2-7-20(11)15-17-6-8-23-15/h4-6,8-9,11H,2-3,7H2,1H3/t11-/m1/s1. The fraction of sp³-hybridized carbons (Fsp3) is 0.333. The number of hydrogen-bond acceptors (Lipinski definition) is 8. The largest absolute Gasteiger partial charge is 0.481 e. The molecular weight excluding hydrogens is 314 g/mol. The van der Waals surface area contributed by atoms with Crippen LogP contribution < -0.4 is 9.64 Å². The third-order valence-corrected chi connectivity index (χ3v) is 4.66. The maximum atomic E-state index is 5.52. The van der Waals surface area contributed by atoms with Gasteiger partial charge in [0.1, 0.15) is 6.04 Å². The van der Waals surface area contributed by atoms with Crippen molar-refractivity contribution in [3.05, 3.63) is 35.8 Å². The molecule has 0 saturated carbocycles. The van der Waals surface area contributed by atoms with Crippen molar-refractivity contribution in [2.75, 3.05) is 18.6 Å². The zero-order chi connectivity index (χ0) is 15.6. The summed E-state index contributed by atoms with van der Waals surface area (Å²) in [5.74, 6) is 1.70. The molecule has 0 unspecified atom stereocenters. The molecule has 1 fully saturated rings. The lowest BCUT2D eigenvalue weighted by Crippen LogP contribution is -2.22. The molecule has 1 saturated heterocycles. The molecule has 0 spiro atoms. The number of hydrogen-bond donors (Lipinski definition) is 0. The second kappa shape index (κ2) is 5.96. The molecule has 0 aliphatic carbocycles. The van der Waals surface area contributed by atoms with Gasteiger partial charge in [-0.2, -0.15) is 4.98 Å². The summed E-state index contributed by atoms with van der Waals surface area (Å²) in [4.78, 5) is 15.3. The highest BCUT2D eigenvalue weighted by atomic mass is 32.1. The lowest BCUT2D eigenvalue weighted by molar-refractivity contribution is 0.355. The molecule has 1 aliphatic rings. The Morgan fingerprint density at radius 2 is 2.30 bits per heavy atom. The van der Waals surface area contributed by atoms with Crippen molar-refractivity contribution >= 4 is 16.5 Å². The third kappa shape index (κ3) is 2.65. The Morgan fingerprint density at radius 1 is 1.35 bits per heavy atom. The van der Waals surface area contributed by atoms with E-state index in [-0.39, 0.29) is 6.04 Å².